The first-order valence-electron chi connectivity index (χ1n) is 9.63. The molecule has 0 aliphatic heterocycles. The maximum atomic E-state index is 12.7. The van der Waals surface area contributed by atoms with Crippen LogP contribution in [0.25, 0.3) is 11.2 Å². The second kappa shape index (κ2) is 9.27. The summed E-state index contributed by atoms with van der Waals surface area (Å²) in [5, 5.41) is 11.2. The molecule has 0 saturated carbocycles. The molecule has 3 rings (SSSR count). The number of aromatic nitrogens is 4. The lowest BCUT2D eigenvalue weighted by atomic mass is 10.2. The number of nitrogens with one attached hydrogen (secondary N) is 1. The Kier molecular flexibility index (Phi) is 6.66. The van der Waals surface area contributed by atoms with Crippen LogP contribution in [-0.4, -0.2) is 50.5 Å². The van der Waals surface area contributed by atoms with E-state index in [1.165, 1.54) is 14.1 Å². The summed E-state index contributed by atoms with van der Waals surface area (Å²) in [6.45, 7) is 2.59. The average molecular weight is 471 g/mol. The fraction of sp³-hybridized carbons (Fsp3) is 0.238. The number of imidazole rings is 1. The van der Waals surface area contributed by atoms with Gasteiger partial charge in [0, 0.05) is 25.3 Å². The second-order valence-electron chi connectivity index (χ2n) is 6.98. The van der Waals surface area contributed by atoms with Crippen LogP contribution in [0.5, 0.6) is 0 Å². The molecule has 0 saturated heterocycles. The number of carbonyl (C=O) groups is 1. The average Bonchev–Trinajstić information content (AvgIpc) is 3.12. The van der Waals surface area contributed by atoms with Crippen LogP contribution in [0.15, 0.2) is 51.7 Å². The van der Waals surface area contributed by atoms with Crippen LogP contribution in [0, 0.1) is 11.8 Å². The van der Waals surface area contributed by atoms with Gasteiger partial charge in [0.2, 0.25) is 20.9 Å². The number of rotatable bonds is 6. The number of fused-ring (bicyclic) bond motifs is 1. The number of carbonyl (C=O) groups excluding carboxylic acids is 1. The third-order valence-electron chi connectivity index (χ3n) is 4.74. The largest absolute Gasteiger partial charge is 0.395 e. The summed E-state index contributed by atoms with van der Waals surface area (Å²) in [6.07, 6.45) is 1.14. The van der Waals surface area contributed by atoms with Gasteiger partial charge in [-0.3, -0.25) is 18.7 Å². The van der Waals surface area contributed by atoms with E-state index in [0.717, 1.165) is 19.8 Å². The maximum Gasteiger partial charge on any atom is 0.333 e. The highest BCUT2D eigenvalue weighted by atomic mass is 32.2. The third-order valence-corrected chi connectivity index (χ3v) is 6.38. The van der Waals surface area contributed by atoms with E-state index >= 15 is 0 Å². The smallest absolute Gasteiger partial charge is 0.333 e. The summed E-state index contributed by atoms with van der Waals surface area (Å²) in [7, 11) is -1.36. The SMILES string of the molecule is C=CC(=O)Nc1cccc(C#CCn2c(=O)n(C)c(=O)c3c2nc(S(=O)(=O)CCO)n3C)c1. The van der Waals surface area contributed by atoms with Gasteiger partial charge in [-0.1, -0.05) is 24.5 Å². The minimum atomic E-state index is -3.98. The summed E-state index contributed by atoms with van der Waals surface area (Å²) in [5.41, 5.74) is -0.550. The van der Waals surface area contributed by atoms with E-state index in [1.54, 1.807) is 24.3 Å². The Morgan fingerprint density at radius 1 is 1.27 bits per heavy atom. The van der Waals surface area contributed by atoms with Gasteiger partial charge in [-0.15, -0.1) is 0 Å². The molecule has 0 bridgehead atoms. The molecule has 33 heavy (non-hydrogen) atoms. The molecule has 3 aromatic rings. The first kappa shape index (κ1) is 23.7. The standard InChI is InChI=1S/C21H21N5O6S/c1-4-16(28)22-15-9-5-7-14(13-15)8-6-10-26-18-17(19(29)25(3)21(26)30)24(2)20(23-18)33(31,32)12-11-27/h4-5,7,9,13,27H,1,10-12H2,2-3H3,(H,22,28). The number of aryl methyl sites for hydroxylation is 1. The fourth-order valence-electron chi connectivity index (χ4n) is 3.13. The topological polar surface area (TPSA) is 145 Å². The third kappa shape index (κ3) is 4.64. The van der Waals surface area contributed by atoms with Crippen molar-refractivity contribution in [2.75, 3.05) is 17.7 Å². The number of hydrogen-bond donors (Lipinski definition) is 2. The zero-order valence-electron chi connectivity index (χ0n) is 17.9. The molecule has 0 atom stereocenters. The van der Waals surface area contributed by atoms with Crippen molar-refractivity contribution in [2.24, 2.45) is 14.1 Å². The molecule has 11 nitrogen and oxygen atoms in total. The molecule has 0 unspecified atom stereocenters. The van der Waals surface area contributed by atoms with Crippen molar-refractivity contribution in [3.05, 3.63) is 63.3 Å². The van der Waals surface area contributed by atoms with Gasteiger partial charge < -0.3 is 15.0 Å². The van der Waals surface area contributed by atoms with Gasteiger partial charge in [0.15, 0.2) is 11.2 Å². The molecule has 0 aliphatic rings. The minimum absolute atomic E-state index is 0.0791. The van der Waals surface area contributed by atoms with E-state index in [9.17, 15) is 22.8 Å². The zero-order valence-corrected chi connectivity index (χ0v) is 18.7. The van der Waals surface area contributed by atoms with Crippen LogP contribution in [0.1, 0.15) is 5.56 Å². The van der Waals surface area contributed by atoms with Crippen molar-refractivity contribution in [1.82, 2.24) is 18.7 Å². The molecule has 12 heteroatoms. The van der Waals surface area contributed by atoms with E-state index < -0.39 is 38.6 Å². The molecular weight excluding hydrogens is 450 g/mol. The number of aliphatic hydroxyl groups is 1. The maximum absolute atomic E-state index is 12.7. The van der Waals surface area contributed by atoms with Gasteiger partial charge in [-0.2, -0.15) is 4.98 Å². The highest BCUT2D eigenvalue weighted by Crippen LogP contribution is 2.16. The molecule has 0 spiro atoms. The molecule has 1 amide bonds. The van der Waals surface area contributed by atoms with Crippen molar-refractivity contribution in [1.29, 1.82) is 0 Å². The summed E-state index contributed by atoms with van der Waals surface area (Å²) in [5.74, 6) is 4.72. The van der Waals surface area contributed by atoms with Crippen molar-refractivity contribution in [2.45, 2.75) is 11.7 Å². The summed E-state index contributed by atoms with van der Waals surface area (Å²) in [6, 6.07) is 6.70. The summed E-state index contributed by atoms with van der Waals surface area (Å²) >= 11 is 0. The first-order chi connectivity index (χ1) is 15.6. The summed E-state index contributed by atoms with van der Waals surface area (Å²) < 4.78 is 27.9. The molecule has 0 aliphatic carbocycles. The van der Waals surface area contributed by atoms with E-state index in [-0.39, 0.29) is 23.6 Å². The van der Waals surface area contributed by atoms with E-state index in [0.29, 0.717) is 11.3 Å². The van der Waals surface area contributed by atoms with Crippen LogP contribution in [-0.2, 0) is 35.3 Å². The summed E-state index contributed by atoms with van der Waals surface area (Å²) in [4.78, 5) is 40.8. The second-order valence-corrected chi connectivity index (χ2v) is 8.98. The van der Waals surface area contributed by atoms with Crippen molar-refractivity contribution < 1.29 is 18.3 Å². The van der Waals surface area contributed by atoms with Crippen molar-refractivity contribution >= 4 is 32.6 Å². The van der Waals surface area contributed by atoms with E-state index in [2.05, 4.69) is 28.7 Å². The van der Waals surface area contributed by atoms with Gasteiger partial charge >= 0.3 is 5.69 Å². The van der Waals surface area contributed by atoms with Crippen LogP contribution in [0.2, 0.25) is 0 Å². The first-order valence-corrected chi connectivity index (χ1v) is 11.3. The van der Waals surface area contributed by atoms with Gasteiger partial charge in [0.1, 0.15) is 0 Å². The number of nitrogens with zero attached hydrogens (tertiary/aromatic N) is 4. The number of anilines is 1. The molecule has 0 fully saturated rings. The predicted octanol–water partition coefficient (Wildman–Crippen LogP) is -0.624. The predicted molar refractivity (Wildman–Crippen MR) is 122 cm³/mol. The Morgan fingerprint density at radius 3 is 2.67 bits per heavy atom. The van der Waals surface area contributed by atoms with Crippen LogP contribution in [0.4, 0.5) is 5.69 Å². The highest BCUT2D eigenvalue weighted by Gasteiger charge is 2.25. The van der Waals surface area contributed by atoms with Gasteiger partial charge in [0.25, 0.3) is 5.56 Å². The van der Waals surface area contributed by atoms with Gasteiger partial charge in [-0.05, 0) is 24.3 Å². The number of amides is 1. The van der Waals surface area contributed by atoms with Crippen LogP contribution < -0.4 is 16.6 Å². The molecule has 2 aromatic heterocycles. The lowest BCUT2D eigenvalue weighted by Crippen LogP contribution is -2.38. The normalized spacial score (nSPS) is 11.1. The lowest BCUT2D eigenvalue weighted by Gasteiger charge is -2.06. The van der Waals surface area contributed by atoms with Crippen molar-refractivity contribution in [3.8, 4) is 11.8 Å². The fourth-order valence-corrected chi connectivity index (χ4v) is 4.29. The Hall–Kier alpha value is -3.95. The molecule has 172 valence electrons. The molecule has 2 N–H and O–H groups in total. The van der Waals surface area contributed by atoms with E-state index in [4.69, 9.17) is 5.11 Å². The van der Waals surface area contributed by atoms with Crippen molar-refractivity contribution in [3.63, 3.8) is 0 Å². The number of aliphatic hydroxyl groups excluding tert-OH is 1. The Morgan fingerprint density at radius 2 is 2.00 bits per heavy atom. The highest BCUT2D eigenvalue weighted by molar-refractivity contribution is 7.91. The number of sulfone groups is 1. The molecular formula is C21H21N5O6S. The Balaban J connectivity index is 2.08. The molecule has 0 radical (unpaired) electrons. The van der Waals surface area contributed by atoms with Crippen LogP contribution in [0.3, 0.4) is 0 Å². The van der Waals surface area contributed by atoms with Crippen LogP contribution >= 0.6 is 0 Å². The molecule has 2 heterocycles. The number of benzene rings is 1. The monoisotopic (exact) mass is 471 g/mol. The number of hydrogen-bond acceptors (Lipinski definition) is 7. The minimum Gasteiger partial charge on any atom is -0.395 e. The van der Waals surface area contributed by atoms with Gasteiger partial charge in [-0.25, -0.2) is 13.2 Å². The Bertz CT molecular complexity index is 1550. The van der Waals surface area contributed by atoms with E-state index in [1.807, 2.05) is 0 Å². The zero-order chi connectivity index (χ0) is 24.3. The molecule has 1 aromatic carbocycles. The quantitative estimate of drug-likeness (QED) is 0.360. The van der Waals surface area contributed by atoms with Gasteiger partial charge in [0.05, 0.1) is 18.9 Å². The Labute approximate surface area is 188 Å². The lowest BCUT2D eigenvalue weighted by molar-refractivity contribution is -0.111.